The van der Waals surface area contributed by atoms with Crippen LogP contribution < -0.4 is 14.8 Å². The van der Waals surface area contributed by atoms with Gasteiger partial charge in [0.25, 0.3) is 5.91 Å². The number of amides is 1. The van der Waals surface area contributed by atoms with Crippen LogP contribution in [0.15, 0.2) is 72.9 Å². The van der Waals surface area contributed by atoms with Crippen LogP contribution in [0.3, 0.4) is 0 Å². The molecule has 126 valence electrons. The molecule has 1 N–H and O–H groups in total. The van der Waals surface area contributed by atoms with Gasteiger partial charge in [0, 0.05) is 6.54 Å². The average Bonchev–Trinajstić information content (AvgIpc) is 3.09. The molecule has 1 heterocycles. The summed E-state index contributed by atoms with van der Waals surface area (Å²) < 4.78 is 10.5. The van der Waals surface area contributed by atoms with E-state index in [-0.39, 0.29) is 18.9 Å². The zero-order chi connectivity index (χ0) is 18.1. The van der Waals surface area contributed by atoms with E-state index in [9.17, 15) is 4.79 Å². The first-order valence-electron chi connectivity index (χ1n) is 7.58. The summed E-state index contributed by atoms with van der Waals surface area (Å²) in [5, 5.41) is 11.8. The molecule has 1 amide bonds. The van der Waals surface area contributed by atoms with Gasteiger partial charge in [-0.3, -0.25) is 4.79 Å². The summed E-state index contributed by atoms with van der Waals surface area (Å²) in [6.07, 6.45) is 9.85. The minimum absolute atomic E-state index is 0.0130. The van der Waals surface area contributed by atoms with Gasteiger partial charge in [-0.1, -0.05) is 49.6 Å². The largest absolute Gasteiger partial charge is 0.454 e. The number of rotatable bonds is 7. The Morgan fingerprint density at radius 3 is 2.80 bits per heavy atom. The molecule has 0 saturated heterocycles. The van der Waals surface area contributed by atoms with Gasteiger partial charge in [0.05, 0.1) is 0 Å². The van der Waals surface area contributed by atoms with Crippen molar-refractivity contribution in [2.45, 2.75) is 0 Å². The number of carbonyl (C=O) groups is 1. The van der Waals surface area contributed by atoms with Crippen molar-refractivity contribution < 1.29 is 14.3 Å². The Bertz CT molecular complexity index is 811. The van der Waals surface area contributed by atoms with Crippen molar-refractivity contribution in [3.63, 3.8) is 0 Å². The minimum atomic E-state index is -0.449. The van der Waals surface area contributed by atoms with Crippen molar-refractivity contribution in [1.29, 1.82) is 5.26 Å². The van der Waals surface area contributed by atoms with Crippen LogP contribution >= 0.6 is 0 Å². The van der Waals surface area contributed by atoms with E-state index in [1.165, 1.54) is 6.08 Å². The standard InChI is InChI=1S/C20H18N2O3/c1-3-6-15(4-2)13-22-20(23)17(12-21)8-5-7-16-9-10-18-19(11-16)25-14-24-18/h3-11H,1-2,13-14H2,(H,22,23)/b7-5+,15-6+,17-8+. The molecule has 1 aliphatic heterocycles. The lowest BCUT2D eigenvalue weighted by molar-refractivity contribution is -0.116. The molecule has 1 aromatic rings. The number of hydrogen-bond donors (Lipinski definition) is 1. The maximum atomic E-state index is 12.0. The smallest absolute Gasteiger partial charge is 0.262 e. The number of nitriles is 1. The molecule has 0 unspecified atom stereocenters. The molecule has 0 radical (unpaired) electrons. The fourth-order valence-corrected chi connectivity index (χ4v) is 2.06. The second-order valence-corrected chi connectivity index (χ2v) is 5.03. The first-order chi connectivity index (χ1) is 12.2. The number of allylic oxidation sites excluding steroid dienone is 4. The van der Waals surface area contributed by atoms with Gasteiger partial charge in [0.2, 0.25) is 6.79 Å². The molecule has 0 aromatic heterocycles. The van der Waals surface area contributed by atoms with Crippen molar-refractivity contribution >= 4 is 12.0 Å². The number of fused-ring (bicyclic) bond motifs is 1. The van der Waals surface area contributed by atoms with Crippen LogP contribution in [0.5, 0.6) is 11.5 Å². The molecule has 0 spiro atoms. The second-order valence-electron chi connectivity index (χ2n) is 5.03. The van der Waals surface area contributed by atoms with E-state index in [1.54, 1.807) is 30.4 Å². The first-order valence-corrected chi connectivity index (χ1v) is 7.58. The Morgan fingerprint density at radius 2 is 2.08 bits per heavy atom. The Morgan fingerprint density at radius 1 is 1.28 bits per heavy atom. The lowest BCUT2D eigenvalue weighted by Gasteiger charge is -2.04. The number of nitrogens with one attached hydrogen (secondary N) is 1. The van der Waals surface area contributed by atoms with Crippen molar-refractivity contribution in [3.8, 4) is 17.6 Å². The van der Waals surface area contributed by atoms with Crippen LogP contribution in [0.1, 0.15) is 5.56 Å². The van der Waals surface area contributed by atoms with Crippen LogP contribution in [-0.4, -0.2) is 19.2 Å². The Balaban J connectivity index is 2.00. The summed E-state index contributed by atoms with van der Waals surface area (Å²) in [6, 6.07) is 7.39. The molecule has 2 rings (SSSR count). The van der Waals surface area contributed by atoms with E-state index in [0.29, 0.717) is 11.5 Å². The summed E-state index contributed by atoms with van der Waals surface area (Å²) in [5.41, 5.74) is 1.69. The van der Waals surface area contributed by atoms with Gasteiger partial charge >= 0.3 is 0 Å². The number of carbonyl (C=O) groups excluding carboxylic acids is 1. The molecule has 0 aliphatic carbocycles. The summed E-state index contributed by atoms with van der Waals surface area (Å²) in [5.74, 6) is 0.931. The van der Waals surface area contributed by atoms with Gasteiger partial charge in [-0.15, -0.1) is 0 Å². The number of nitrogens with zero attached hydrogens (tertiary/aromatic N) is 1. The summed E-state index contributed by atoms with van der Waals surface area (Å²) in [4.78, 5) is 12.0. The summed E-state index contributed by atoms with van der Waals surface area (Å²) in [6.45, 7) is 7.74. The molecular formula is C20H18N2O3. The highest BCUT2D eigenvalue weighted by molar-refractivity contribution is 5.97. The highest BCUT2D eigenvalue weighted by Gasteiger charge is 2.12. The summed E-state index contributed by atoms with van der Waals surface area (Å²) >= 11 is 0. The van der Waals surface area contributed by atoms with E-state index in [0.717, 1.165) is 11.1 Å². The quantitative estimate of drug-likeness (QED) is 0.472. The van der Waals surface area contributed by atoms with Gasteiger partial charge < -0.3 is 14.8 Å². The van der Waals surface area contributed by atoms with Gasteiger partial charge in [-0.05, 0) is 29.3 Å². The fraction of sp³-hybridized carbons (Fsp3) is 0.100. The molecule has 5 heteroatoms. The van der Waals surface area contributed by atoms with E-state index in [1.807, 2.05) is 24.3 Å². The highest BCUT2D eigenvalue weighted by atomic mass is 16.7. The number of ether oxygens (including phenoxy) is 2. The van der Waals surface area contributed by atoms with Crippen LogP contribution in [0.2, 0.25) is 0 Å². The minimum Gasteiger partial charge on any atom is -0.454 e. The van der Waals surface area contributed by atoms with Crippen molar-refractivity contribution in [2.75, 3.05) is 13.3 Å². The zero-order valence-corrected chi connectivity index (χ0v) is 13.7. The van der Waals surface area contributed by atoms with Crippen LogP contribution in [0.4, 0.5) is 0 Å². The SMILES string of the molecule is C=C/C=C(\C=C)CNC(=O)/C(C#N)=C/C=C/c1ccc2c(c1)OCO2. The van der Waals surface area contributed by atoms with E-state index < -0.39 is 5.91 Å². The summed E-state index contributed by atoms with van der Waals surface area (Å²) in [7, 11) is 0. The van der Waals surface area contributed by atoms with Crippen LogP contribution in [0.25, 0.3) is 6.08 Å². The first kappa shape index (κ1) is 17.8. The monoisotopic (exact) mass is 334 g/mol. The maximum Gasteiger partial charge on any atom is 0.262 e. The molecular weight excluding hydrogens is 316 g/mol. The second kappa shape index (κ2) is 8.94. The Hall–Kier alpha value is -3.52. The Labute approximate surface area is 146 Å². The van der Waals surface area contributed by atoms with Gasteiger partial charge in [-0.25, -0.2) is 0 Å². The van der Waals surface area contributed by atoms with Gasteiger partial charge in [0.15, 0.2) is 11.5 Å². The molecule has 0 atom stereocenters. The van der Waals surface area contributed by atoms with E-state index in [2.05, 4.69) is 18.5 Å². The van der Waals surface area contributed by atoms with Crippen molar-refractivity contribution in [2.24, 2.45) is 0 Å². The lowest BCUT2D eigenvalue weighted by Crippen LogP contribution is -2.26. The zero-order valence-electron chi connectivity index (χ0n) is 13.7. The predicted molar refractivity (Wildman–Crippen MR) is 96.8 cm³/mol. The molecule has 0 fully saturated rings. The third-order valence-electron chi connectivity index (χ3n) is 3.36. The molecule has 25 heavy (non-hydrogen) atoms. The maximum absolute atomic E-state index is 12.0. The fourth-order valence-electron chi connectivity index (χ4n) is 2.06. The molecule has 1 aliphatic rings. The van der Waals surface area contributed by atoms with Crippen LogP contribution in [-0.2, 0) is 4.79 Å². The lowest BCUT2D eigenvalue weighted by atomic mass is 10.1. The number of hydrogen-bond acceptors (Lipinski definition) is 4. The van der Waals surface area contributed by atoms with Gasteiger partial charge in [0.1, 0.15) is 11.6 Å². The number of benzene rings is 1. The normalized spacial score (nSPS) is 13.4. The molecule has 0 bridgehead atoms. The van der Waals surface area contributed by atoms with Crippen LogP contribution in [0, 0.1) is 11.3 Å². The topological polar surface area (TPSA) is 71.4 Å². The van der Waals surface area contributed by atoms with Gasteiger partial charge in [-0.2, -0.15) is 5.26 Å². The third kappa shape index (κ3) is 4.98. The van der Waals surface area contributed by atoms with E-state index >= 15 is 0 Å². The highest BCUT2D eigenvalue weighted by Crippen LogP contribution is 2.32. The molecule has 5 nitrogen and oxygen atoms in total. The molecule has 1 aromatic carbocycles. The predicted octanol–water partition coefficient (Wildman–Crippen LogP) is 3.29. The third-order valence-corrected chi connectivity index (χ3v) is 3.36. The van der Waals surface area contributed by atoms with E-state index in [4.69, 9.17) is 14.7 Å². The van der Waals surface area contributed by atoms with Crippen molar-refractivity contribution in [1.82, 2.24) is 5.32 Å². The molecule has 0 saturated carbocycles. The Kier molecular flexibility index (Phi) is 6.38. The average molecular weight is 334 g/mol. The van der Waals surface area contributed by atoms with Crippen molar-refractivity contribution in [3.05, 3.63) is 78.4 Å².